The van der Waals surface area contributed by atoms with E-state index in [1.54, 1.807) is 6.20 Å². The maximum Gasteiger partial charge on any atom is 0.230 e. The third kappa shape index (κ3) is 3.45. The third-order valence-corrected chi connectivity index (χ3v) is 6.15. The highest BCUT2D eigenvalue weighted by Crippen LogP contribution is 2.41. The van der Waals surface area contributed by atoms with Crippen LogP contribution >= 0.6 is 0 Å². The Morgan fingerprint density at radius 1 is 1.50 bits per heavy atom. The van der Waals surface area contributed by atoms with Crippen LogP contribution in [-0.2, 0) is 26.0 Å². The summed E-state index contributed by atoms with van der Waals surface area (Å²) in [5, 5.41) is 2.95. The summed E-state index contributed by atoms with van der Waals surface area (Å²) in [5.41, 5.74) is 0.141. The Bertz CT molecular complexity index is 695. The monoisotopic (exact) mass is 353 g/mol. The van der Waals surface area contributed by atoms with Crippen molar-refractivity contribution in [3.8, 4) is 0 Å². The van der Waals surface area contributed by atoms with E-state index in [2.05, 4.69) is 10.3 Å². The Morgan fingerprint density at radius 2 is 2.33 bits per heavy atom. The molecule has 0 unspecified atom stereocenters. The number of hydrogen-bond donors (Lipinski definition) is 1. The van der Waals surface area contributed by atoms with Crippen molar-refractivity contribution in [2.24, 2.45) is 5.41 Å². The molecule has 0 radical (unpaired) electrons. The van der Waals surface area contributed by atoms with Crippen molar-refractivity contribution in [3.63, 3.8) is 0 Å². The lowest BCUT2D eigenvalue weighted by Gasteiger charge is -2.41. The zero-order valence-corrected chi connectivity index (χ0v) is 14.6. The minimum Gasteiger partial charge on any atom is -0.377 e. The van der Waals surface area contributed by atoms with E-state index < -0.39 is 15.4 Å². The van der Waals surface area contributed by atoms with Gasteiger partial charge in [-0.15, -0.1) is 0 Å². The van der Waals surface area contributed by atoms with Gasteiger partial charge in [-0.2, -0.15) is 0 Å². The molecule has 0 aliphatic carbocycles. The molecule has 1 N–H and O–H groups in total. The number of amides is 1. The van der Waals surface area contributed by atoms with Crippen LogP contribution in [0.4, 0.5) is 0 Å². The first-order valence-corrected chi connectivity index (χ1v) is 10.0. The molecule has 2 aliphatic rings. The maximum atomic E-state index is 12.8. The molecule has 2 atom stereocenters. The molecule has 8 heteroatoms. The van der Waals surface area contributed by atoms with Crippen molar-refractivity contribution in [1.82, 2.24) is 14.6 Å². The second-order valence-corrected chi connectivity index (χ2v) is 8.46. The average molecular weight is 353 g/mol. The standard InChI is InChI=1S/C16H23N3O4S/c1-24(21,22)19-10-6-14-16(12-19,7-11-23-14)15(20)18-9-5-13-4-2-3-8-17-13/h2-4,8,14H,5-7,9-12H2,1H3,(H,18,20)/t14-,16-/m0/s1. The summed E-state index contributed by atoms with van der Waals surface area (Å²) in [6, 6.07) is 5.68. The molecule has 132 valence electrons. The van der Waals surface area contributed by atoms with E-state index in [-0.39, 0.29) is 18.6 Å². The number of nitrogens with zero attached hydrogens (tertiary/aromatic N) is 2. The van der Waals surface area contributed by atoms with Gasteiger partial charge in [-0.05, 0) is 25.0 Å². The Labute approximate surface area is 142 Å². The van der Waals surface area contributed by atoms with E-state index in [0.29, 0.717) is 39.0 Å². The van der Waals surface area contributed by atoms with Crippen molar-refractivity contribution in [1.29, 1.82) is 0 Å². The topological polar surface area (TPSA) is 88.6 Å². The number of piperidine rings is 1. The quantitative estimate of drug-likeness (QED) is 0.816. The summed E-state index contributed by atoms with van der Waals surface area (Å²) in [4.78, 5) is 17.1. The number of carbonyl (C=O) groups is 1. The molecule has 1 aromatic heterocycles. The van der Waals surface area contributed by atoms with Gasteiger partial charge >= 0.3 is 0 Å². The van der Waals surface area contributed by atoms with E-state index in [9.17, 15) is 13.2 Å². The van der Waals surface area contributed by atoms with Gasteiger partial charge < -0.3 is 10.1 Å². The summed E-state index contributed by atoms with van der Waals surface area (Å²) >= 11 is 0. The number of sulfonamides is 1. The first kappa shape index (κ1) is 17.3. The minimum atomic E-state index is -3.31. The van der Waals surface area contributed by atoms with E-state index in [4.69, 9.17) is 4.74 Å². The van der Waals surface area contributed by atoms with E-state index in [1.807, 2.05) is 18.2 Å². The smallest absolute Gasteiger partial charge is 0.230 e. The molecule has 2 saturated heterocycles. The summed E-state index contributed by atoms with van der Waals surface area (Å²) in [6.07, 6.45) is 4.46. The van der Waals surface area contributed by atoms with Crippen molar-refractivity contribution >= 4 is 15.9 Å². The second kappa shape index (κ2) is 6.78. The molecule has 1 aromatic rings. The Morgan fingerprint density at radius 3 is 3.04 bits per heavy atom. The molecule has 2 aliphatic heterocycles. The van der Waals surface area contributed by atoms with Gasteiger partial charge in [0.1, 0.15) is 0 Å². The highest BCUT2D eigenvalue weighted by atomic mass is 32.2. The summed E-state index contributed by atoms with van der Waals surface area (Å²) < 4.78 is 30.9. The van der Waals surface area contributed by atoms with Gasteiger partial charge in [-0.1, -0.05) is 6.07 Å². The number of aromatic nitrogens is 1. The SMILES string of the molecule is CS(=O)(=O)N1CC[C@@H]2OCC[C@]2(C(=O)NCCc2ccccn2)C1. The molecule has 0 bridgehead atoms. The molecule has 1 amide bonds. The van der Waals surface area contributed by atoms with Crippen molar-refractivity contribution in [2.45, 2.75) is 25.4 Å². The molecular weight excluding hydrogens is 330 g/mol. The fourth-order valence-electron chi connectivity index (χ4n) is 3.54. The van der Waals surface area contributed by atoms with Crippen LogP contribution in [-0.4, -0.2) is 62.2 Å². The normalized spacial score (nSPS) is 27.6. The van der Waals surface area contributed by atoms with Crippen LogP contribution in [0.25, 0.3) is 0 Å². The van der Waals surface area contributed by atoms with Gasteiger partial charge in [0.05, 0.1) is 17.8 Å². The zero-order chi connectivity index (χ0) is 17.2. The van der Waals surface area contributed by atoms with Crippen LogP contribution in [0.2, 0.25) is 0 Å². The van der Waals surface area contributed by atoms with E-state index >= 15 is 0 Å². The van der Waals surface area contributed by atoms with Gasteiger partial charge in [0.25, 0.3) is 0 Å². The molecule has 24 heavy (non-hydrogen) atoms. The Balaban J connectivity index is 1.66. The number of carbonyl (C=O) groups excluding carboxylic acids is 1. The van der Waals surface area contributed by atoms with Crippen LogP contribution in [0.15, 0.2) is 24.4 Å². The fourth-order valence-corrected chi connectivity index (χ4v) is 4.44. The largest absolute Gasteiger partial charge is 0.377 e. The lowest BCUT2D eigenvalue weighted by atomic mass is 9.76. The number of ether oxygens (including phenoxy) is 1. The maximum absolute atomic E-state index is 12.8. The Hall–Kier alpha value is -1.51. The number of nitrogens with one attached hydrogen (secondary N) is 1. The summed E-state index contributed by atoms with van der Waals surface area (Å²) in [5.74, 6) is -0.116. The zero-order valence-electron chi connectivity index (χ0n) is 13.8. The molecule has 3 heterocycles. The van der Waals surface area contributed by atoms with Crippen molar-refractivity contribution < 1.29 is 17.9 Å². The van der Waals surface area contributed by atoms with Crippen molar-refractivity contribution in [3.05, 3.63) is 30.1 Å². The summed E-state index contributed by atoms with van der Waals surface area (Å²) in [6.45, 7) is 1.58. The summed E-state index contributed by atoms with van der Waals surface area (Å²) in [7, 11) is -3.31. The van der Waals surface area contributed by atoms with Crippen LogP contribution in [0.3, 0.4) is 0 Å². The number of rotatable bonds is 5. The predicted octanol–water partition coefficient (Wildman–Crippen LogP) is 0.181. The molecule has 0 saturated carbocycles. The molecule has 3 rings (SSSR count). The Kier molecular flexibility index (Phi) is 4.89. The van der Waals surface area contributed by atoms with Crippen LogP contribution < -0.4 is 5.32 Å². The fraction of sp³-hybridized carbons (Fsp3) is 0.625. The average Bonchev–Trinajstić information content (AvgIpc) is 2.99. The van der Waals surface area contributed by atoms with Crippen molar-refractivity contribution in [2.75, 3.05) is 32.5 Å². The molecule has 0 aromatic carbocycles. The van der Waals surface area contributed by atoms with Gasteiger partial charge in [0.2, 0.25) is 15.9 Å². The lowest BCUT2D eigenvalue weighted by Crippen LogP contribution is -2.58. The highest BCUT2D eigenvalue weighted by Gasteiger charge is 2.54. The number of hydrogen-bond acceptors (Lipinski definition) is 5. The van der Waals surface area contributed by atoms with Crippen LogP contribution in [0, 0.1) is 5.41 Å². The molecule has 2 fully saturated rings. The first-order valence-electron chi connectivity index (χ1n) is 8.17. The second-order valence-electron chi connectivity index (χ2n) is 6.48. The van der Waals surface area contributed by atoms with E-state index in [0.717, 1.165) is 5.69 Å². The van der Waals surface area contributed by atoms with Gasteiger partial charge in [-0.3, -0.25) is 9.78 Å². The molecular formula is C16H23N3O4S. The van der Waals surface area contributed by atoms with E-state index in [1.165, 1.54) is 10.6 Å². The van der Waals surface area contributed by atoms with Gasteiger partial charge in [0, 0.05) is 44.6 Å². The van der Waals surface area contributed by atoms with Crippen LogP contribution in [0.5, 0.6) is 0 Å². The number of fused-ring (bicyclic) bond motifs is 1. The number of pyridine rings is 1. The molecule has 0 spiro atoms. The lowest BCUT2D eigenvalue weighted by molar-refractivity contribution is -0.137. The van der Waals surface area contributed by atoms with Gasteiger partial charge in [-0.25, -0.2) is 12.7 Å². The van der Waals surface area contributed by atoms with Crippen LogP contribution in [0.1, 0.15) is 18.5 Å². The first-order chi connectivity index (χ1) is 11.4. The minimum absolute atomic E-state index is 0.116. The van der Waals surface area contributed by atoms with Gasteiger partial charge in [0.15, 0.2) is 0 Å². The predicted molar refractivity (Wildman–Crippen MR) is 88.8 cm³/mol. The third-order valence-electron chi connectivity index (χ3n) is 4.90. The highest BCUT2D eigenvalue weighted by molar-refractivity contribution is 7.88. The molecule has 7 nitrogen and oxygen atoms in total.